The molecule has 0 amide bonds. The Morgan fingerprint density at radius 2 is 2.28 bits per heavy atom. The monoisotopic (exact) mass is 265 g/mol. The van der Waals surface area contributed by atoms with E-state index in [2.05, 4.69) is 28.2 Å². The van der Waals surface area contributed by atoms with Gasteiger partial charge in [-0.1, -0.05) is 13.3 Å². The number of thioether (sulfide) groups is 1. The Balaban J connectivity index is 1.70. The highest BCUT2D eigenvalue weighted by Crippen LogP contribution is 2.41. The molecule has 1 aromatic heterocycles. The highest BCUT2D eigenvalue weighted by atomic mass is 32.2. The topological polar surface area (TPSA) is 31.9 Å². The van der Waals surface area contributed by atoms with Crippen molar-refractivity contribution >= 4 is 11.8 Å². The average Bonchev–Trinajstić information content (AvgIpc) is 2.89. The molecule has 1 unspecified atom stereocenters. The predicted molar refractivity (Wildman–Crippen MR) is 76.1 cm³/mol. The van der Waals surface area contributed by atoms with E-state index in [0.717, 1.165) is 5.92 Å². The lowest BCUT2D eigenvalue weighted by Crippen LogP contribution is -2.46. The molecule has 4 rings (SSSR count). The minimum Gasteiger partial charge on any atom is -0.303 e. The molecule has 4 heteroatoms. The molecule has 1 atom stereocenters. The van der Waals surface area contributed by atoms with E-state index in [4.69, 9.17) is 0 Å². The van der Waals surface area contributed by atoms with Gasteiger partial charge >= 0.3 is 0 Å². The van der Waals surface area contributed by atoms with Gasteiger partial charge in [-0.25, -0.2) is 0 Å². The van der Waals surface area contributed by atoms with Gasteiger partial charge in [0.1, 0.15) is 0 Å². The first-order valence-electron chi connectivity index (χ1n) is 7.27. The summed E-state index contributed by atoms with van der Waals surface area (Å²) in [5, 5.41) is 7.66. The molecule has 0 saturated carbocycles. The van der Waals surface area contributed by atoms with E-state index in [1.807, 2.05) is 11.8 Å². The first-order valence-corrected chi connectivity index (χ1v) is 8.26. The number of rotatable bonds is 5. The number of hydrogen-bond donors (Lipinski definition) is 1. The van der Waals surface area contributed by atoms with Gasteiger partial charge in [0.05, 0.1) is 5.69 Å². The van der Waals surface area contributed by atoms with Crippen LogP contribution in [0.5, 0.6) is 0 Å². The van der Waals surface area contributed by atoms with Crippen molar-refractivity contribution in [1.29, 1.82) is 0 Å². The molecule has 0 spiro atoms. The van der Waals surface area contributed by atoms with Crippen LogP contribution in [0.2, 0.25) is 0 Å². The zero-order chi connectivity index (χ0) is 12.4. The van der Waals surface area contributed by atoms with Crippen LogP contribution in [-0.4, -0.2) is 40.5 Å². The van der Waals surface area contributed by atoms with Gasteiger partial charge in [0, 0.05) is 23.6 Å². The summed E-state index contributed by atoms with van der Waals surface area (Å²) in [6.07, 6.45) is 7.43. The summed E-state index contributed by atoms with van der Waals surface area (Å²) >= 11 is 1.99. The third kappa shape index (κ3) is 2.45. The Labute approximate surface area is 114 Å². The molecule has 18 heavy (non-hydrogen) atoms. The zero-order valence-electron chi connectivity index (χ0n) is 11.2. The van der Waals surface area contributed by atoms with Gasteiger partial charge in [-0.2, -0.15) is 5.10 Å². The highest BCUT2D eigenvalue weighted by Gasteiger charge is 2.37. The summed E-state index contributed by atoms with van der Waals surface area (Å²) in [6, 6.07) is 0. The quantitative estimate of drug-likeness (QED) is 0.656. The summed E-state index contributed by atoms with van der Waals surface area (Å²) < 4.78 is 0. The van der Waals surface area contributed by atoms with Crippen LogP contribution in [0.1, 0.15) is 44.2 Å². The fourth-order valence-corrected chi connectivity index (χ4v) is 4.41. The number of unbranched alkanes of at least 4 members (excludes halogenated alkanes) is 1. The third-order valence-corrected chi connectivity index (χ3v) is 5.53. The molecule has 3 nitrogen and oxygen atoms in total. The minimum atomic E-state index is 0.683. The van der Waals surface area contributed by atoms with Crippen LogP contribution in [0.4, 0.5) is 0 Å². The van der Waals surface area contributed by atoms with Gasteiger partial charge in [0.15, 0.2) is 0 Å². The van der Waals surface area contributed by atoms with Crippen molar-refractivity contribution in [3.63, 3.8) is 0 Å². The number of aromatic nitrogens is 2. The minimum absolute atomic E-state index is 0.683. The largest absolute Gasteiger partial charge is 0.303 e. The summed E-state index contributed by atoms with van der Waals surface area (Å²) in [6.45, 7) is 6.11. The molecule has 2 bridgehead atoms. The lowest BCUT2D eigenvalue weighted by Gasteiger charge is -2.44. The number of nitrogens with zero attached hydrogens (tertiary/aromatic N) is 2. The number of nitrogens with one attached hydrogen (secondary N) is 1. The van der Waals surface area contributed by atoms with E-state index < -0.39 is 0 Å². The number of piperidine rings is 3. The highest BCUT2D eigenvalue weighted by molar-refractivity contribution is 7.99. The molecule has 100 valence electrons. The normalized spacial score (nSPS) is 30.8. The van der Waals surface area contributed by atoms with Crippen molar-refractivity contribution in [3.05, 3.63) is 11.9 Å². The number of aromatic amines is 1. The average molecular weight is 265 g/mol. The van der Waals surface area contributed by atoms with Gasteiger partial charge in [-0.05, 0) is 44.0 Å². The van der Waals surface area contributed by atoms with Crippen LogP contribution >= 0.6 is 11.8 Å². The van der Waals surface area contributed by atoms with Crippen LogP contribution < -0.4 is 0 Å². The number of H-pyrrole nitrogens is 1. The van der Waals surface area contributed by atoms with E-state index in [1.54, 1.807) is 0 Å². The Morgan fingerprint density at radius 1 is 1.44 bits per heavy atom. The van der Waals surface area contributed by atoms with E-state index in [9.17, 15) is 0 Å². The van der Waals surface area contributed by atoms with Crippen LogP contribution in [0, 0.1) is 5.92 Å². The zero-order valence-corrected chi connectivity index (χ0v) is 12.0. The van der Waals surface area contributed by atoms with E-state index in [1.165, 1.54) is 61.7 Å². The fraction of sp³-hybridized carbons (Fsp3) is 0.786. The van der Waals surface area contributed by atoms with Crippen molar-refractivity contribution in [2.75, 3.05) is 25.4 Å². The summed E-state index contributed by atoms with van der Waals surface area (Å²) in [5.74, 6) is 2.79. The maximum atomic E-state index is 4.56. The predicted octanol–water partition coefficient (Wildman–Crippen LogP) is 3.11. The van der Waals surface area contributed by atoms with Gasteiger partial charge in [-0.3, -0.25) is 5.10 Å². The molecular formula is C14H23N3S. The number of hydrogen-bond acceptors (Lipinski definition) is 3. The van der Waals surface area contributed by atoms with Gasteiger partial charge in [0.2, 0.25) is 0 Å². The Bertz CT molecular complexity index is 382. The standard InChI is InChI=1S/C14H23N3S/c1-2-3-8-18-13-9-15-16-14(13)12-10-17-6-4-11(12)5-7-17/h9,11-12H,2-8,10H2,1H3,(H,15,16). The van der Waals surface area contributed by atoms with Crippen molar-refractivity contribution in [1.82, 2.24) is 15.1 Å². The Hall–Kier alpha value is -0.480. The van der Waals surface area contributed by atoms with E-state index in [0.29, 0.717) is 5.92 Å². The lowest BCUT2D eigenvalue weighted by atomic mass is 9.77. The van der Waals surface area contributed by atoms with Crippen molar-refractivity contribution < 1.29 is 0 Å². The van der Waals surface area contributed by atoms with Crippen LogP contribution in [0.25, 0.3) is 0 Å². The Kier molecular flexibility index (Phi) is 3.94. The van der Waals surface area contributed by atoms with Crippen molar-refractivity contribution in [2.45, 2.75) is 43.4 Å². The fourth-order valence-electron chi connectivity index (χ4n) is 3.27. The molecule has 0 aliphatic carbocycles. The molecule has 3 aliphatic heterocycles. The molecule has 1 N–H and O–H groups in total. The molecule has 0 aromatic carbocycles. The van der Waals surface area contributed by atoms with E-state index >= 15 is 0 Å². The number of fused-ring (bicyclic) bond motifs is 3. The summed E-state index contributed by atoms with van der Waals surface area (Å²) in [5.41, 5.74) is 1.35. The molecule has 3 aliphatic rings. The summed E-state index contributed by atoms with van der Waals surface area (Å²) in [4.78, 5) is 4.02. The first kappa shape index (κ1) is 12.5. The third-order valence-electron chi connectivity index (χ3n) is 4.40. The second-order valence-electron chi connectivity index (χ2n) is 5.58. The maximum Gasteiger partial charge on any atom is 0.0804 e. The molecule has 0 radical (unpaired) electrons. The summed E-state index contributed by atoms with van der Waals surface area (Å²) in [7, 11) is 0. The van der Waals surface area contributed by atoms with Crippen LogP contribution in [0.3, 0.4) is 0 Å². The van der Waals surface area contributed by atoms with Gasteiger partial charge < -0.3 is 4.90 Å². The molecular weight excluding hydrogens is 242 g/mol. The molecule has 4 heterocycles. The van der Waals surface area contributed by atoms with Crippen LogP contribution in [-0.2, 0) is 0 Å². The van der Waals surface area contributed by atoms with Gasteiger partial charge in [0.25, 0.3) is 0 Å². The lowest BCUT2D eigenvalue weighted by molar-refractivity contribution is 0.0844. The second-order valence-corrected chi connectivity index (χ2v) is 6.72. The first-order chi connectivity index (χ1) is 8.88. The Morgan fingerprint density at radius 3 is 2.94 bits per heavy atom. The van der Waals surface area contributed by atoms with Crippen molar-refractivity contribution in [2.24, 2.45) is 5.92 Å². The van der Waals surface area contributed by atoms with Crippen LogP contribution in [0.15, 0.2) is 11.1 Å². The molecule has 3 fully saturated rings. The smallest absolute Gasteiger partial charge is 0.0804 e. The SMILES string of the molecule is CCCCSc1c[nH]nc1C1CN2CCC1CC2. The van der Waals surface area contributed by atoms with E-state index in [-0.39, 0.29) is 0 Å². The maximum absolute atomic E-state index is 4.56. The van der Waals surface area contributed by atoms with Crippen molar-refractivity contribution in [3.8, 4) is 0 Å². The van der Waals surface area contributed by atoms with Gasteiger partial charge in [-0.15, -0.1) is 11.8 Å². The molecule has 1 aromatic rings. The molecule has 3 saturated heterocycles. The second kappa shape index (κ2) is 5.66.